The number of benzene rings is 2. The van der Waals surface area contributed by atoms with Gasteiger partial charge in [-0.2, -0.15) is 0 Å². The average Bonchev–Trinajstić information content (AvgIpc) is 3.39. The van der Waals surface area contributed by atoms with Crippen molar-refractivity contribution in [3.63, 3.8) is 0 Å². The Bertz CT molecular complexity index is 1550. The third-order valence-corrected chi connectivity index (χ3v) is 8.01. The lowest BCUT2D eigenvalue weighted by atomic mass is 9.99. The van der Waals surface area contributed by atoms with Crippen LogP contribution in [0.2, 0.25) is 0 Å². The van der Waals surface area contributed by atoms with Gasteiger partial charge in [-0.15, -0.1) is 0 Å². The summed E-state index contributed by atoms with van der Waals surface area (Å²) in [5.74, 6) is -4.92. The van der Waals surface area contributed by atoms with Crippen LogP contribution in [-0.2, 0) is 33.3 Å². The highest BCUT2D eigenvalue weighted by Gasteiger charge is 2.61. The molecule has 0 amide bonds. The smallest absolute Gasteiger partial charge is 0.331 e. The van der Waals surface area contributed by atoms with E-state index in [0.29, 0.717) is 11.1 Å². The molecule has 2 aliphatic heterocycles. The van der Waals surface area contributed by atoms with E-state index in [-0.39, 0.29) is 28.7 Å². The first-order valence-corrected chi connectivity index (χ1v) is 15.3. The number of esters is 2. The third kappa shape index (κ3) is 8.87. The van der Waals surface area contributed by atoms with Gasteiger partial charge in [0, 0.05) is 12.2 Å². The van der Waals surface area contributed by atoms with Gasteiger partial charge in [-0.25, -0.2) is 9.59 Å². The molecule has 51 heavy (non-hydrogen) atoms. The Morgan fingerprint density at radius 1 is 0.765 bits per heavy atom. The predicted molar refractivity (Wildman–Crippen MR) is 170 cm³/mol. The molecule has 18 nitrogen and oxygen atoms in total. The van der Waals surface area contributed by atoms with Crippen molar-refractivity contribution >= 4 is 24.1 Å². The van der Waals surface area contributed by atoms with Crippen molar-refractivity contribution in [2.75, 3.05) is 41.2 Å². The molecule has 8 N–H and O–H groups in total. The largest absolute Gasteiger partial charge is 0.504 e. The molecule has 0 aromatic heterocycles. The van der Waals surface area contributed by atoms with Gasteiger partial charge < -0.3 is 78.7 Å². The maximum atomic E-state index is 13.1. The average molecular weight is 725 g/mol. The second kappa shape index (κ2) is 17.1. The molecular weight excluding hydrogens is 684 g/mol. The fourth-order valence-corrected chi connectivity index (χ4v) is 5.28. The Labute approximate surface area is 290 Å². The maximum absolute atomic E-state index is 13.1. The molecule has 280 valence electrons. The Balaban J connectivity index is 1.64. The van der Waals surface area contributed by atoms with E-state index in [0.717, 1.165) is 12.2 Å². The summed E-state index contributed by atoms with van der Waals surface area (Å²) in [4.78, 5) is 26.0. The fraction of sp³-hybridized carbons (Fsp3) is 0.455. The zero-order chi connectivity index (χ0) is 37.5. The number of aliphatic hydroxyl groups excluding tert-OH is 6. The standard InChI is InChI=1S/C33H40O18/c1-44-19-10-16(4-7-18(19)36)5-9-25(38)49-31-28(41)23(14-35)50-33(31,51-32-30(43)29(42)27(40)22(13-34)48-32)15-47-24(37)8-6-17-11-20(45-2)26(39)21(12-17)46-3/h4-12,22-23,27-32,34-36,39-43H,13-15H2,1-3H3/t22-,23-,27-,28-,29+,30-,31+,32-,33+/m1/s1. The number of ether oxygens (including phenoxy) is 8. The molecule has 2 fully saturated rings. The van der Waals surface area contributed by atoms with Crippen molar-refractivity contribution in [3.8, 4) is 28.7 Å². The number of aliphatic hydroxyl groups is 6. The van der Waals surface area contributed by atoms with Crippen LogP contribution < -0.4 is 14.2 Å². The number of hydrogen-bond acceptors (Lipinski definition) is 18. The fourth-order valence-electron chi connectivity index (χ4n) is 5.28. The number of carbonyl (C=O) groups is 2. The van der Waals surface area contributed by atoms with E-state index >= 15 is 0 Å². The van der Waals surface area contributed by atoms with E-state index in [2.05, 4.69) is 0 Å². The van der Waals surface area contributed by atoms with Gasteiger partial charge in [-0.3, -0.25) is 0 Å². The highest BCUT2D eigenvalue weighted by Crippen LogP contribution is 2.40. The van der Waals surface area contributed by atoms with E-state index in [1.807, 2.05) is 0 Å². The molecule has 0 spiro atoms. The monoisotopic (exact) mass is 724 g/mol. The van der Waals surface area contributed by atoms with E-state index in [9.17, 15) is 50.4 Å². The number of phenols is 2. The Morgan fingerprint density at radius 3 is 1.96 bits per heavy atom. The SMILES string of the molecule is COc1cc(C=CC(=O)O[C@H]2[C@H](O)[C@@H](CO)O[C@@]2(COC(=O)C=Cc2cc(OC)c(O)c(OC)c2)O[C@H]2O[C@H](CO)[C@@H](O)[C@H](O)[C@H]2O)ccc1O. The van der Waals surface area contributed by atoms with E-state index in [1.165, 1.54) is 63.8 Å². The first-order valence-electron chi connectivity index (χ1n) is 15.3. The zero-order valence-corrected chi connectivity index (χ0v) is 27.6. The molecule has 0 unspecified atom stereocenters. The van der Waals surface area contributed by atoms with Crippen LogP contribution in [0.1, 0.15) is 11.1 Å². The first-order chi connectivity index (χ1) is 24.3. The summed E-state index contributed by atoms with van der Waals surface area (Å²) in [5.41, 5.74) is 0.731. The molecule has 0 bridgehead atoms. The molecular formula is C33H40O18. The van der Waals surface area contributed by atoms with Gasteiger partial charge in [0.25, 0.3) is 0 Å². The maximum Gasteiger partial charge on any atom is 0.331 e. The van der Waals surface area contributed by atoms with Gasteiger partial charge in [0.2, 0.25) is 11.5 Å². The van der Waals surface area contributed by atoms with E-state index in [4.69, 9.17) is 37.9 Å². The lowest BCUT2D eigenvalue weighted by Crippen LogP contribution is -2.63. The normalized spacial score (nSPS) is 29.3. The van der Waals surface area contributed by atoms with Crippen LogP contribution in [0.25, 0.3) is 12.2 Å². The summed E-state index contributed by atoms with van der Waals surface area (Å²) in [5, 5.41) is 82.1. The molecule has 2 heterocycles. The highest BCUT2D eigenvalue weighted by atomic mass is 16.8. The van der Waals surface area contributed by atoms with Gasteiger partial charge in [-0.05, 0) is 47.5 Å². The molecule has 0 aliphatic carbocycles. The Hall–Kier alpha value is -4.50. The van der Waals surface area contributed by atoms with Crippen molar-refractivity contribution in [1.82, 2.24) is 0 Å². The van der Waals surface area contributed by atoms with Crippen molar-refractivity contribution in [2.24, 2.45) is 0 Å². The summed E-state index contributed by atoms with van der Waals surface area (Å²) in [6.07, 6.45) is -9.92. The second-order valence-electron chi connectivity index (χ2n) is 11.3. The van der Waals surface area contributed by atoms with Gasteiger partial charge >= 0.3 is 11.9 Å². The first kappa shape index (κ1) is 39.3. The molecule has 2 aromatic carbocycles. The number of aromatic hydroxyl groups is 2. The Morgan fingerprint density at radius 2 is 1.35 bits per heavy atom. The van der Waals surface area contributed by atoms with Crippen LogP contribution in [-0.4, -0.2) is 149 Å². The molecule has 18 heteroatoms. The lowest BCUT2D eigenvalue weighted by Gasteiger charge is -2.43. The number of hydrogen-bond donors (Lipinski definition) is 8. The minimum absolute atomic E-state index is 0.0425. The quantitative estimate of drug-likeness (QED) is 0.0819. The molecule has 2 aliphatic rings. The minimum Gasteiger partial charge on any atom is -0.504 e. The minimum atomic E-state index is -2.54. The van der Waals surface area contributed by atoms with Crippen LogP contribution in [0, 0.1) is 0 Å². The summed E-state index contributed by atoms with van der Waals surface area (Å²) in [6.45, 7) is -2.69. The third-order valence-electron chi connectivity index (χ3n) is 8.01. The highest BCUT2D eigenvalue weighted by molar-refractivity contribution is 5.88. The number of phenolic OH excluding ortho intramolecular Hbond substituents is 2. The number of rotatable bonds is 14. The summed E-state index contributed by atoms with van der Waals surface area (Å²) in [6, 6.07) is 6.98. The number of carbonyl (C=O) groups excluding carboxylic acids is 2. The van der Waals surface area contributed by atoms with Gasteiger partial charge in [0.1, 0.15) is 43.2 Å². The molecule has 4 rings (SSSR count). The van der Waals surface area contributed by atoms with Crippen LogP contribution in [0.15, 0.2) is 42.5 Å². The van der Waals surface area contributed by atoms with Crippen molar-refractivity contribution in [1.29, 1.82) is 0 Å². The van der Waals surface area contributed by atoms with Gasteiger partial charge in [-0.1, -0.05) is 6.07 Å². The van der Waals surface area contributed by atoms with Crippen LogP contribution >= 0.6 is 0 Å². The molecule has 2 aromatic rings. The predicted octanol–water partition coefficient (Wildman–Crippen LogP) is -1.43. The van der Waals surface area contributed by atoms with E-state index in [1.54, 1.807) is 0 Å². The van der Waals surface area contributed by atoms with Crippen LogP contribution in [0.5, 0.6) is 28.7 Å². The molecule has 0 radical (unpaired) electrons. The zero-order valence-electron chi connectivity index (χ0n) is 27.6. The second-order valence-corrected chi connectivity index (χ2v) is 11.3. The van der Waals surface area contributed by atoms with Gasteiger partial charge in [0.05, 0.1) is 34.5 Å². The molecule has 2 saturated heterocycles. The number of methoxy groups -OCH3 is 3. The van der Waals surface area contributed by atoms with Crippen LogP contribution in [0.4, 0.5) is 0 Å². The van der Waals surface area contributed by atoms with Crippen molar-refractivity contribution in [2.45, 2.75) is 54.8 Å². The topological polar surface area (TPSA) is 270 Å². The summed E-state index contributed by atoms with van der Waals surface area (Å²) >= 11 is 0. The van der Waals surface area contributed by atoms with E-state index < -0.39 is 86.6 Å². The molecule has 0 saturated carbocycles. The van der Waals surface area contributed by atoms with Crippen molar-refractivity contribution in [3.05, 3.63) is 53.6 Å². The van der Waals surface area contributed by atoms with Gasteiger partial charge in [0.15, 0.2) is 35.4 Å². The van der Waals surface area contributed by atoms with Crippen LogP contribution in [0.3, 0.4) is 0 Å². The Kier molecular flexibility index (Phi) is 13.2. The lowest BCUT2D eigenvalue weighted by molar-refractivity contribution is -0.383. The summed E-state index contributed by atoms with van der Waals surface area (Å²) in [7, 11) is 3.95. The molecule has 9 atom stereocenters. The van der Waals surface area contributed by atoms with Crippen molar-refractivity contribution < 1.29 is 88.3 Å². The summed E-state index contributed by atoms with van der Waals surface area (Å²) < 4.78 is 43.2.